The third kappa shape index (κ3) is 4.13. The first-order chi connectivity index (χ1) is 12.1. The first-order valence-electron chi connectivity index (χ1n) is 8.65. The van der Waals surface area contributed by atoms with Gasteiger partial charge in [0.1, 0.15) is 17.2 Å². The van der Waals surface area contributed by atoms with Gasteiger partial charge in [-0.2, -0.15) is 0 Å². The number of ether oxygens (including phenoxy) is 1. The van der Waals surface area contributed by atoms with E-state index in [1.54, 1.807) is 19.1 Å². The van der Waals surface area contributed by atoms with Crippen LogP contribution in [-0.2, 0) is 13.0 Å². The quantitative estimate of drug-likeness (QED) is 0.905. The lowest BCUT2D eigenvalue weighted by molar-refractivity contribution is 0.204. The minimum atomic E-state index is -0.0960. The largest absolute Gasteiger partial charge is 0.497 e. The van der Waals surface area contributed by atoms with Crippen LogP contribution in [0.3, 0.4) is 0 Å². The second kappa shape index (κ2) is 7.59. The number of hydrogen-bond acceptors (Lipinski definition) is 4. The molecule has 2 amide bonds. The van der Waals surface area contributed by atoms with Crippen molar-refractivity contribution in [1.29, 1.82) is 0 Å². The van der Waals surface area contributed by atoms with Crippen molar-refractivity contribution in [3.05, 3.63) is 46.8 Å². The van der Waals surface area contributed by atoms with Crippen LogP contribution < -0.4 is 10.1 Å². The smallest absolute Gasteiger partial charge is 0.317 e. The second-order valence-electron chi connectivity index (χ2n) is 6.62. The Morgan fingerprint density at radius 1 is 1.44 bits per heavy atom. The Labute approximate surface area is 148 Å². The standard InChI is InChI=1S/C19H25N3O3/c1-13-9-16(21-25-13)12-22(2)19(23)20-11-15-6-4-5-14-10-17(24-3)7-8-18(14)15/h7-10,15H,4-6,11-12H2,1-3H3,(H,20,23). The molecular weight excluding hydrogens is 318 g/mol. The lowest BCUT2D eigenvalue weighted by atomic mass is 9.82. The van der Waals surface area contributed by atoms with Gasteiger partial charge in [-0.05, 0) is 49.4 Å². The molecule has 134 valence electrons. The number of methoxy groups -OCH3 is 1. The summed E-state index contributed by atoms with van der Waals surface area (Å²) in [5, 5.41) is 6.97. The highest BCUT2D eigenvalue weighted by Crippen LogP contribution is 2.33. The van der Waals surface area contributed by atoms with Crippen molar-refractivity contribution in [2.45, 2.75) is 38.6 Å². The molecule has 1 unspecified atom stereocenters. The van der Waals surface area contributed by atoms with Crippen LogP contribution in [0.2, 0.25) is 0 Å². The summed E-state index contributed by atoms with van der Waals surface area (Å²) in [5.41, 5.74) is 3.41. The fourth-order valence-corrected chi connectivity index (χ4v) is 3.38. The number of benzene rings is 1. The summed E-state index contributed by atoms with van der Waals surface area (Å²) in [5.74, 6) is 1.99. The zero-order valence-electron chi connectivity index (χ0n) is 15.0. The molecule has 1 aromatic heterocycles. The fraction of sp³-hybridized carbons (Fsp3) is 0.474. The number of fused-ring (bicyclic) bond motifs is 1. The van der Waals surface area contributed by atoms with E-state index < -0.39 is 0 Å². The van der Waals surface area contributed by atoms with Crippen molar-refractivity contribution >= 4 is 6.03 Å². The van der Waals surface area contributed by atoms with Crippen LogP contribution in [-0.4, -0.2) is 36.8 Å². The SMILES string of the molecule is COc1ccc2c(c1)CCCC2CNC(=O)N(C)Cc1cc(C)on1. The Morgan fingerprint density at radius 3 is 3.00 bits per heavy atom. The van der Waals surface area contributed by atoms with Gasteiger partial charge in [-0.3, -0.25) is 0 Å². The van der Waals surface area contributed by atoms with Gasteiger partial charge in [0.15, 0.2) is 0 Å². The number of urea groups is 1. The van der Waals surface area contributed by atoms with Crippen LogP contribution in [0.1, 0.15) is 41.3 Å². The van der Waals surface area contributed by atoms with Crippen molar-refractivity contribution in [3.63, 3.8) is 0 Å². The van der Waals surface area contributed by atoms with E-state index in [2.05, 4.69) is 22.6 Å². The lowest BCUT2D eigenvalue weighted by Gasteiger charge is -2.27. The maximum atomic E-state index is 12.3. The zero-order chi connectivity index (χ0) is 17.8. The summed E-state index contributed by atoms with van der Waals surface area (Å²) < 4.78 is 10.4. The van der Waals surface area contributed by atoms with Crippen LogP contribution in [0.15, 0.2) is 28.8 Å². The van der Waals surface area contributed by atoms with Crippen molar-refractivity contribution in [1.82, 2.24) is 15.4 Å². The molecular formula is C19H25N3O3. The fourth-order valence-electron chi connectivity index (χ4n) is 3.38. The van der Waals surface area contributed by atoms with E-state index >= 15 is 0 Å². The van der Waals surface area contributed by atoms with Gasteiger partial charge in [-0.15, -0.1) is 0 Å². The van der Waals surface area contributed by atoms with Crippen LogP contribution in [0.5, 0.6) is 5.75 Å². The van der Waals surface area contributed by atoms with Gasteiger partial charge in [0, 0.05) is 25.6 Å². The summed E-state index contributed by atoms with van der Waals surface area (Å²) in [6, 6.07) is 7.99. The van der Waals surface area contributed by atoms with E-state index in [1.807, 2.05) is 19.1 Å². The molecule has 0 radical (unpaired) electrons. The molecule has 2 aromatic rings. The lowest BCUT2D eigenvalue weighted by Crippen LogP contribution is -2.39. The predicted octanol–water partition coefficient (Wildman–Crippen LogP) is 3.25. The molecule has 1 atom stereocenters. The summed E-state index contributed by atoms with van der Waals surface area (Å²) in [7, 11) is 3.45. The third-order valence-electron chi connectivity index (χ3n) is 4.71. The van der Waals surface area contributed by atoms with Crippen LogP contribution in [0.25, 0.3) is 0 Å². The molecule has 1 aliphatic rings. The number of carbonyl (C=O) groups is 1. The molecule has 0 aliphatic heterocycles. The highest BCUT2D eigenvalue weighted by atomic mass is 16.5. The first-order valence-corrected chi connectivity index (χ1v) is 8.65. The number of rotatable bonds is 5. The number of aromatic nitrogens is 1. The molecule has 0 saturated heterocycles. The Kier molecular flexibility index (Phi) is 5.26. The minimum absolute atomic E-state index is 0.0960. The van der Waals surface area contributed by atoms with Gasteiger partial charge >= 0.3 is 6.03 Å². The maximum Gasteiger partial charge on any atom is 0.317 e. The molecule has 0 spiro atoms. The second-order valence-corrected chi connectivity index (χ2v) is 6.62. The van der Waals surface area contributed by atoms with Gasteiger partial charge < -0.3 is 19.5 Å². The minimum Gasteiger partial charge on any atom is -0.497 e. The Hall–Kier alpha value is -2.50. The van der Waals surface area contributed by atoms with Gasteiger partial charge in [-0.25, -0.2) is 4.79 Å². The van der Waals surface area contributed by atoms with Crippen LogP contribution in [0.4, 0.5) is 4.79 Å². The Balaban J connectivity index is 1.57. The highest BCUT2D eigenvalue weighted by molar-refractivity contribution is 5.73. The number of carbonyl (C=O) groups excluding carboxylic acids is 1. The first kappa shape index (κ1) is 17.3. The molecule has 0 saturated carbocycles. The summed E-state index contributed by atoms with van der Waals surface area (Å²) >= 11 is 0. The number of aryl methyl sites for hydroxylation is 2. The molecule has 0 fully saturated rings. The number of hydrogen-bond donors (Lipinski definition) is 1. The number of amides is 2. The van der Waals surface area contributed by atoms with E-state index in [4.69, 9.17) is 9.26 Å². The maximum absolute atomic E-state index is 12.3. The third-order valence-corrected chi connectivity index (χ3v) is 4.71. The zero-order valence-corrected chi connectivity index (χ0v) is 15.0. The van der Waals surface area contributed by atoms with E-state index in [-0.39, 0.29) is 6.03 Å². The van der Waals surface area contributed by atoms with E-state index in [9.17, 15) is 4.79 Å². The van der Waals surface area contributed by atoms with Crippen molar-refractivity contribution < 1.29 is 14.1 Å². The predicted molar refractivity (Wildman–Crippen MR) is 94.8 cm³/mol. The number of nitrogens with zero attached hydrogens (tertiary/aromatic N) is 2. The highest BCUT2D eigenvalue weighted by Gasteiger charge is 2.22. The summed E-state index contributed by atoms with van der Waals surface area (Å²) in [4.78, 5) is 14.0. The average molecular weight is 343 g/mol. The Bertz CT molecular complexity index is 741. The molecule has 6 nitrogen and oxygen atoms in total. The summed E-state index contributed by atoms with van der Waals surface area (Å²) in [6.45, 7) is 2.91. The molecule has 1 aromatic carbocycles. The van der Waals surface area contributed by atoms with E-state index in [0.717, 1.165) is 36.5 Å². The van der Waals surface area contributed by atoms with E-state index in [1.165, 1.54) is 11.1 Å². The van der Waals surface area contributed by atoms with E-state index in [0.29, 0.717) is 19.0 Å². The molecule has 25 heavy (non-hydrogen) atoms. The molecule has 1 N–H and O–H groups in total. The van der Waals surface area contributed by atoms with Gasteiger partial charge in [0.05, 0.1) is 13.7 Å². The molecule has 3 rings (SSSR count). The van der Waals surface area contributed by atoms with Gasteiger partial charge in [-0.1, -0.05) is 11.2 Å². The monoisotopic (exact) mass is 343 g/mol. The van der Waals surface area contributed by atoms with Crippen molar-refractivity contribution in [2.75, 3.05) is 20.7 Å². The number of nitrogens with one attached hydrogen (secondary N) is 1. The van der Waals surface area contributed by atoms with Crippen LogP contribution >= 0.6 is 0 Å². The summed E-state index contributed by atoms with van der Waals surface area (Å²) in [6.07, 6.45) is 3.29. The van der Waals surface area contributed by atoms with Crippen molar-refractivity contribution in [2.24, 2.45) is 0 Å². The Morgan fingerprint density at radius 2 is 2.28 bits per heavy atom. The normalized spacial score (nSPS) is 16.2. The van der Waals surface area contributed by atoms with Crippen LogP contribution in [0, 0.1) is 6.92 Å². The topological polar surface area (TPSA) is 67.6 Å². The van der Waals surface area contributed by atoms with Gasteiger partial charge in [0.2, 0.25) is 0 Å². The average Bonchev–Trinajstić information content (AvgIpc) is 3.03. The van der Waals surface area contributed by atoms with Gasteiger partial charge in [0.25, 0.3) is 0 Å². The molecule has 0 bridgehead atoms. The molecule has 1 aliphatic carbocycles. The molecule has 1 heterocycles. The van der Waals surface area contributed by atoms with Crippen molar-refractivity contribution in [3.8, 4) is 5.75 Å². The molecule has 6 heteroatoms.